The maximum Gasteiger partial charge on any atom is 0.196 e. The molecule has 0 atom stereocenters. The van der Waals surface area contributed by atoms with Gasteiger partial charge in [-0.25, -0.2) is 0 Å². The van der Waals surface area contributed by atoms with Gasteiger partial charge in [-0.2, -0.15) is 0 Å². The van der Waals surface area contributed by atoms with E-state index in [4.69, 9.17) is 9.47 Å². The van der Waals surface area contributed by atoms with Crippen LogP contribution in [0.15, 0.2) is 78.9 Å². The van der Waals surface area contributed by atoms with Gasteiger partial charge in [0.05, 0.1) is 24.3 Å². The van der Waals surface area contributed by atoms with Crippen molar-refractivity contribution in [2.45, 2.75) is 46.5 Å². The van der Waals surface area contributed by atoms with E-state index in [0.29, 0.717) is 29.9 Å². The summed E-state index contributed by atoms with van der Waals surface area (Å²) in [5.74, 6) is -0.901. The number of phenols is 4. The predicted octanol–water partition coefficient (Wildman–Crippen LogP) is 7.32. The lowest BCUT2D eigenvalue weighted by atomic mass is 9.99. The van der Waals surface area contributed by atoms with Crippen molar-refractivity contribution in [3.05, 3.63) is 107 Å². The number of hydrogen-bond donors (Lipinski definition) is 4. The van der Waals surface area contributed by atoms with Gasteiger partial charge in [0, 0.05) is 22.8 Å². The summed E-state index contributed by atoms with van der Waals surface area (Å²) in [6.45, 7) is 6.60. The molecule has 226 valence electrons. The Kier molecular flexibility index (Phi) is 12.0. The van der Waals surface area contributed by atoms with E-state index in [2.05, 4.69) is 0 Å². The molecule has 4 aromatic carbocycles. The number of carbonyl (C=O) groups is 2. The van der Waals surface area contributed by atoms with Crippen LogP contribution >= 0.6 is 0 Å². The molecule has 8 heteroatoms. The van der Waals surface area contributed by atoms with Crippen LogP contribution in [-0.2, 0) is 0 Å². The first kappa shape index (κ1) is 32.5. The second kappa shape index (κ2) is 15.9. The van der Waals surface area contributed by atoms with Crippen molar-refractivity contribution in [2.24, 2.45) is 0 Å². The van der Waals surface area contributed by atoms with Gasteiger partial charge in [-0.3, -0.25) is 9.59 Å². The topological polar surface area (TPSA) is 134 Å². The first-order valence-corrected chi connectivity index (χ1v) is 14.3. The molecule has 0 aromatic heterocycles. The summed E-state index contributed by atoms with van der Waals surface area (Å²) >= 11 is 0. The molecule has 0 amide bonds. The minimum absolute atomic E-state index is 0.0570. The van der Waals surface area contributed by atoms with Gasteiger partial charge in [0.25, 0.3) is 0 Å². The van der Waals surface area contributed by atoms with E-state index in [1.165, 1.54) is 18.2 Å². The van der Waals surface area contributed by atoms with Gasteiger partial charge < -0.3 is 29.9 Å². The van der Waals surface area contributed by atoms with E-state index in [-0.39, 0.29) is 57.2 Å². The van der Waals surface area contributed by atoms with Gasteiger partial charge >= 0.3 is 0 Å². The summed E-state index contributed by atoms with van der Waals surface area (Å²) in [6, 6.07) is 21.0. The van der Waals surface area contributed by atoms with E-state index in [0.717, 1.165) is 25.7 Å². The van der Waals surface area contributed by atoms with Crippen LogP contribution < -0.4 is 9.47 Å². The molecule has 4 aromatic rings. The number of ether oxygens (including phenoxy) is 2. The summed E-state index contributed by atoms with van der Waals surface area (Å²) in [6.07, 6.45) is 3.64. The van der Waals surface area contributed by atoms with E-state index < -0.39 is 0 Å². The molecule has 4 N–H and O–H groups in total. The van der Waals surface area contributed by atoms with Crippen LogP contribution in [0.2, 0.25) is 0 Å². The number of phenolic OH excluding ortho intramolecular Hbond substituents is 4. The number of rotatable bonds is 12. The van der Waals surface area contributed by atoms with Crippen LogP contribution in [0.5, 0.6) is 34.5 Å². The Morgan fingerprint density at radius 1 is 0.628 bits per heavy atom. The summed E-state index contributed by atoms with van der Waals surface area (Å²) < 4.78 is 10.9. The molecule has 43 heavy (non-hydrogen) atoms. The van der Waals surface area contributed by atoms with E-state index in [1.54, 1.807) is 61.5 Å². The van der Waals surface area contributed by atoms with Gasteiger partial charge in [0.15, 0.2) is 34.6 Å². The lowest BCUT2D eigenvalue weighted by Crippen LogP contribution is -2.05. The fourth-order valence-corrected chi connectivity index (χ4v) is 4.12. The molecule has 0 saturated carbocycles. The largest absolute Gasteiger partial charge is 0.507 e. The van der Waals surface area contributed by atoms with Crippen molar-refractivity contribution in [1.29, 1.82) is 0 Å². The Hall–Kier alpha value is -4.98. The highest BCUT2D eigenvalue weighted by Crippen LogP contribution is 2.39. The second-order valence-electron chi connectivity index (χ2n) is 9.88. The second-order valence-corrected chi connectivity index (χ2v) is 9.88. The predicted molar refractivity (Wildman–Crippen MR) is 165 cm³/mol. The summed E-state index contributed by atoms with van der Waals surface area (Å²) in [5.41, 5.74) is 1.41. The summed E-state index contributed by atoms with van der Waals surface area (Å²) in [7, 11) is 0. The van der Waals surface area contributed by atoms with Crippen LogP contribution in [0.1, 0.15) is 76.9 Å². The number of unbranched alkanes of at least 4 members (excludes halogenated alkanes) is 2. The molecule has 0 saturated heterocycles. The Bertz CT molecular complexity index is 1510. The molecule has 0 fully saturated rings. The van der Waals surface area contributed by atoms with Crippen molar-refractivity contribution < 1.29 is 39.5 Å². The third-order valence-electron chi connectivity index (χ3n) is 6.60. The van der Waals surface area contributed by atoms with Crippen LogP contribution in [0.4, 0.5) is 0 Å². The zero-order valence-electron chi connectivity index (χ0n) is 24.7. The molecule has 4 rings (SSSR count). The molecule has 0 bridgehead atoms. The monoisotopic (exact) mass is 586 g/mol. The van der Waals surface area contributed by atoms with E-state index in [9.17, 15) is 30.0 Å². The Balaban J connectivity index is 0.000000236. The van der Waals surface area contributed by atoms with Crippen LogP contribution in [-0.4, -0.2) is 45.2 Å². The normalized spacial score (nSPS) is 10.4. The molecule has 0 unspecified atom stereocenters. The average Bonchev–Trinajstić information content (AvgIpc) is 3.02. The standard InChI is InChI=1S/C18H20O4.C17H18O4/c1-3-4-10-22-18-12(2)16(20)14(11-15(18)19)17(21)13-8-6-5-7-9-13;1-2-3-9-21-16-11-14(18)13(10-15(16)19)17(20)12-7-5-4-6-8-12/h5-9,11,19-20H,3-4,10H2,1-2H3;4-8,10-11,18-19H,2-3,9H2,1H3. The average molecular weight is 587 g/mol. The van der Waals surface area contributed by atoms with Crippen LogP contribution in [0.3, 0.4) is 0 Å². The lowest BCUT2D eigenvalue weighted by Gasteiger charge is -2.14. The van der Waals surface area contributed by atoms with E-state index in [1.807, 2.05) is 19.9 Å². The molecular weight excluding hydrogens is 548 g/mol. The third kappa shape index (κ3) is 8.52. The number of ketones is 2. The van der Waals surface area contributed by atoms with E-state index >= 15 is 0 Å². The lowest BCUT2D eigenvalue weighted by molar-refractivity contribution is 0.102. The van der Waals surface area contributed by atoms with Crippen molar-refractivity contribution in [2.75, 3.05) is 13.2 Å². The number of hydrogen-bond acceptors (Lipinski definition) is 8. The number of carbonyl (C=O) groups excluding carboxylic acids is 2. The fraction of sp³-hybridized carbons (Fsp3) is 0.257. The fourth-order valence-electron chi connectivity index (χ4n) is 4.12. The van der Waals surface area contributed by atoms with Crippen molar-refractivity contribution >= 4 is 11.6 Å². The highest BCUT2D eigenvalue weighted by molar-refractivity contribution is 6.11. The SMILES string of the molecule is CCCCOc1c(O)cc(C(=O)c2ccccc2)c(O)c1C.CCCCOc1cc(O)c(C(=O)c2ccccc2)cc1O. The maximum absolute atomic E-state index is 12.4. The van der Waals surface area contributed by atoms with Crippen molar-refractivity contribution in [3.8, 4) is 34.5 Å². The number of benzene rings is 4. The summed E-state index contributed by atoms with van der Waals surface area (Å²) in [5, 5.41) is 40.3. The molecular formula is C35H38O8. The quantitative estimate of drug-likeness (QED) is 0.0771. The smallest absolute Gasteiger partial charge is 0.196 e. The first-order valence-electron chi connectivity index (χ1n) is 14.3. The highest BCUT2D eigenvalue weighted by atomic mass is 16.5. The Labute approximate surface area is 251 Å². The molecule has 0 aliphatic rings. The van der Waals surface area contributed by atoms with Gasteiger partial charge in [-0.1, -0.05) is 87.4 Å². The zero-order chi connectivity index (χ0) is 31.4. The van der Waals surface area contributed by atoms with Gasteiger partial charge in [0.1, 0.15) is 11.5 Å². The molecule has 0 heterocycles. The third-order valence-corrected chi connectivity index (χ3v) is 6.60. The minimum Gasteiger partial charge on any atom is -0.507 e. The first-order chi connectivity index (χ1) is 20.7. The van der Waals surface area contributed by atoms with Crippen LogP contribution in [0.25, 0.3) is 0 Å². The maximum atomic E-state index is 12.4. The Morgan fingerprint density at radius 3 is 1.65 bits per heavy atom. The van der Waals surface area contributed by atoms with Gasteiger partial charge in [-0.05, 0) is 31.9 Å². The Morgan fingerprint density at radius 2 is 1.12 bits per heavy atom. The van der Waals surface area contributed by atoms with Gasteiger partial charge in [-0.15, -0.1) is 0 Å². The molecule has 0 aliphatic heterocycles. The van der Waals surface area contributed by atoms with Crippen molar-refractivity contribution in [1.82, 2.24) is 0 Å². The molecule has 0 radical (unpaired) electrons. The minimum atomic E-state index is -0.344. The van der Waals surface area contributed by atoms with Crippen molar-refractivity contribution in [3.63, 3.8) is 0 Å². The van der Waals surface area contributed by atoms with Gasteiger partial charge in [0.2, 0.25) is 0 Å². The zero-order valence-corrected chi connectivity index (χ0v) is 24.7. The molecule has 8 nitrogen and oxygen atoms in total. The molecule has 0 spiro atoms. The highest BCUT2D eigenvalue weighted by Gasteiger charge is 2.21. The number of aromatic hydroxyl groups is 4. The summed E-state index contributed by atoms with van der Waals surface area (Å²) in [4.78, 5) is 24.7. The molecule has 0 aliphatic carbocycles. The van der Waals surface area contributed by atoms with Crippen LogP contribution in [0, 0.1) is 6.92 Å².